The fourth-order valence-electron chi connectivity index (χ4n) is 7.54. The van der Waals surface area contributed by atoms with Crippen LogP contribution in [0.15, 0.2) is 170 Å². The minimum atomic E-state index is 0.634. The van der Waals surface area contributed by atoms with Crippen LogP contribution in [0.2, 0.25) is 0 Å². The second kappa shape index (κ2) is 11.6. The highest BCUT2D eigenvalue weighted by Gasteiger charge is 2.19. The summed E-state index contributed by atoms with van der Waals surface area (Å²) in [7, 11) is 0. The van der Waals surface area contributed by atoms with Gasteiger partial charge in [0, 0.05) is 55.8 Å². The van der Waals surface area contributed by atoms with Crippen LogP contribution in [0.1, 0.15) is 5.56 Å². The van der Waals surface area contributed by atoms with E-state index in [2.05, 4.69) is 125 Å². The number of para-hydroxylation sites is 2. The van der Waals surface area contributed by atoms with Crippen LogP contribution in [0.25, 0.3) is 89.0 Å². The summed E-state index contributed by atoms with van der Waals surface area (Å²) in [5.74, 6) is 1.93. The van der Waals surface area contributed by atoms with Gasteiger partial charge in [-0.3, -0.25) is 0 Å². The average Bonchev–Trinajstić information content (AvgIpc) is 3.78. The normalized spacial score (nSPS) is 11.6. The van der Waals surface area contributed by atoms with E-state index in [9.17, 15) is 0 Å². The first kappa shape index (κ1) is 29.1. The molecule has 0 spiro atoms. The van der Waals surface area contributed by atoms with Crippen LogP contribution in [0.3, 0.4) is 0 Å². The van der Waals surface area contributed by atoms with Gasteiger partial charge in [-0.15, -0.1) is 0 Å². The monoisotopic (exact) mass is 653 g/mol. The first-order valence-electron chi connectivity index (χ1n) is 17.2. The summed E-state index contributed by atoms with van der Waals surface area (Å²) in [6.07, 6.45) is 2.19. The van der Waals surface area contributed by atoms with Gasteiger partial charge in [0.25, 0.3) is 0 Å². The van der Waals surface area contributed by atoms with Crippen LogP contribution in [0.5, 0.6) is 0 Å². The van der Waals surface area contributed by atoms with E-state index < -0.39 is 0 Å². The third-order valence-electron chi connectivity index (χ3n) is 9.92. The van der Waals surface area contributed by atoms with Crippen LogP contribution >= 0.6 is 0 Å². The Kier molecular flexibility index (Phi) is 6.64. The summed E-state index contributed by atoms with van der Waals surface area (Å²) in [5, 5.41) is 6.15. The molecule has 7 aromatic carbocycles. The first-order valence-corrected chi connectivity index (χ1v) is 17.2. The molecule has 0 aliphatic rings. The SMILES string of the molecule is Cc1ccccc1-n1ccc2ccc3c(ccc4c3c3ccccc3n4-c3cccc(-c4nc(-c5ccccc5)nc(-c5ccccc5)n4)c3)c21. The third-order valence-corrected chi connectivity index (χ3v) is 9.92. The van der Waals surface area contributed by atoms with E-state index in [1.165, 1.54) is 43.7 Å². The molecule has 3 heterocycles. The van der Waals surface area contributed by atoms with Gasteiger partial charge in [0.15, 0.2) is 17.5 Å². The predicted octanol–water partition coefficient (Wildman–Crippen LogP) is 11.4. The molecule has 0 unspecified atom stereocenters. The predicted molar refractivity (Wildman–Crippen MR) is 210 cm³/mol. The number of hydrogen-bond acceptors (Lipinski definition) is 3. The fraction of sp³-hybridized carbons (Fsp3) is 0.0217. The molecule has 0 radical (unpaired) electrons. The summed E-state index contributed by atoms with van der Waals surface area (Å²) in [6, 6.07) is 57.4. The van der Waals surface area contributed by atoms with Crippen LogP contribution < -0.4 is 0 Å². The Hall–Kier alpha value is -6.85. The fourth-order valence-corrected chi connectivity index (χ4v) is 7.54. The van der Waals surface area contributed by atoms with Gasteiger partial charge >= 0.3 is 0 Å². The summed E-state index contributed by atoms with van der Waals surface area (Å²) in [6.45, 7) is 2.17. The Morgan fingerprint density at radius 3 is 1.82 bits per heavy atom. The van der Waals surface area contributed by atoms with Gasteiger partial charge in [-0.1, -0.05) is 127 Å². The molecule has 0 aliphatic heterocycles. The molecule has 5 heteroatoms. The maximum atomic E-state index is 5.02. The topological polar surface area (TPSA) is 48.5 Å². The van der Waals surface area contributed by atoms with Gasteiger partial charge in [-0.05, 0) is 54.3 Å². The molecule has 0 saturated carbocycles. The molecule has 3 aromatic heterocycles. The third kappa shape index (κ3) is 4.74. The highest BCUT2D eigenvalue weighted by atomic mass is 15.0. The first-order chi connectivity index (χ1) is 25.2. The van der Waals surface area contributed by atoms with Crippen molar-refractivity contribution in [1.82, 2.24) is 24.1 Å². The van der Waals surface area contributed by atoms with Gasteiger partial charge in [-0.25, -0.2) is 15.0 Å². The molecule has 0 saturated heterocycles. The molecule has 0 N–H and O–H groups in total. The van der Waals surface area contributed by atoms with Crippen molar-refractivity contribution in [3.63, 3.8) is 0 Å². The molecule has 10 aromatic rings. The van der Waals surface area contributed by atoms with E-state index >= 15 is 0 Å². The molecule has 0 aliphatic carbocycles. The second-order valence-corrected chi connectivity index (χ2v) is 13.0. The lowest BCUT2D eigenvalue weighted by molar-refractivity contribution is 1.07. The van der Waals surface area contributed by atoms with Crippen molar-refractivity contribution < 1.29 is 0 Å². The van der Waals surface area contributed by atoms with E-state index in [0.717, 1.165) is 33.4 Å². The maximum Gasteiger partial charge on any atom is 0.164 e. The minimum absolute atomic E-state index is 0.634. The van der Waals surface area contributed by atoms with Gasteiger partial charge < -0.3 is 9.13 Å². The number of fused-ring (bicyclic) bond motifs is 7. The molecule has 0 atom stereocenters. The zero-order valence-electron chi connectivity index (χ0n) is 27.9. The largest absolute Gasteiger partial charge is 0.316 e. The van der Waals surface area contributed by atoms with Crippen molar-refractivity contribution in [2.45, 2.75) is 6.92 Å². The molecular weight excluding hydrogens is 623 g/mol. The Labute approximate surface area is 294 Å². The van der Waals surface area contributed by atoms with Crippen molar-refractivity contribution in [3.8, 4) is 45.5 Å². The van der Waals surface area contributed by atoms with Gasteiger partial charge in [0.05, 0.1) is 16.6 Å². The van der Waals surface area contributed by atoms with Gasteiger partial charge in [-0.2, -0.15) is 0 Å². The van der Waals surface area contributed by atoms with Crippen LogP contribution in [0.4, 0.5) is 0 Å². The lowest BCUT2D eigenvalue weighted by Crippen LogP contribution is -2.01. The number of aryl methyl sites for hydroxylation is 1. The van der Waals surface area contributed by atoms with E-state index in [1.807, 2.05) is 60.7 Å². The molecule has 0 bridgehead atoms. The minimum Gasteiger partial charge on any atom is -0.316 e. The van der Waals surface area contributed by atoms with Crippen LogP contribution in [-0.2, 0) is 0 Å². The number of aromatic nitrogens is 5. The summed E-state index contributed by atoms with van der Waals surface area (Å²) in [4.78, 5) is 14.9. The zero-order valence-corrected chi connectivity index (χ0v) is 27.9. The average molecular weight is 654 g/mol. The highest BCUT2D eigenvalue weighted by molar-refractivity contribution is 6.25. The van der Waals surface area contributed by atoms with Gasteiger partial charge in [0.1, 0.15) is 0 Å². The Morgan fingerprint density at radius 2 is 1.08 bits per heavy atom. The van der Waals surface area contributed by atoms with Crippen molar-refractivity contribution >= 4 is 43.5 Å². The Bertz CT molecular complexity index is 2860. The van der Waals surface area contributed by atoms with E-state index in [4.69, 9.17) is 15.0 Å². The molecule has 0 amide bonds. The molecule has 0 fully saturated rings. The molecule has 240 valence electrons. The van der Waals surface area contributed by atoms with E-state index in [1.54, 1.807) is 0 Å². The Balaban J connectivity index is 1.19. The van der Waals surface area contributed by atoms with Crippen molar-refractivity contribution in [2.24, 2.45) is 0 Å². The molecular formula is C46H31N5. The van der Waals surface area contributed by atoms with E-state index in [-0.39, 0.29) is 0 Å². The zero-order chi connectivity index (χ0) is 33.9. The van der Waals surface area contributed by atoms with Crippen molar-refractivity contribution in [2.75, 3.05) is 0 Å². The molecule has 5 nitrogen and oxygen atoms in total. The number of benzene rings is 7. The number of rotatable bonds is 5. The number of nitrogens with zero attached hydrogens (tertiary/aromatic N) is 5. The lowest BCUT2D eigenvalue weighted by Gasteiger charge is -2.13. The summed E-state index contributed by atoms with van der Waals surface area (Å²) < 4.78 is 4.71. The van der Waals surface area contributed by atoms with Crippen molar-refractivity contribution in [3.05, 3.63) is 176 Å². The van der Waals surface area contributed by atoms with Gasteiger partial charge in [0.2, 0.25) is 0 Å². The standard InChI is InChI=1S/C46H31N5/c1-30-13-8-10-21-39(30)50-28-27-31-23-24-36-37(43(31)50)25-26-41-42(36)38-20-9-11-22-40(38)51(41)35-19-12-18-34(29-35)46-48-44(32-14-4-2-5-15-32)47-45(49-46)33-16-6-3-7-17-33/h2-29H,1H3. The summed E-state index contributed by atoms with van der Waals surface area (Å²) in [5.41, 5.74) is 9.84. The Morgan fingerprint density at radius 1 is 0.451 bits per heavy atom. The number of hydrogen-bond donors (Lipinski definition) is 0. The lowest BCUT2D eigenvalue weighted by atomic mass is 10.0. The second-order valence-electron chi connectivity index (χ2n) is 13.0. The maximum absolute atomic E-state index is 5.02. The van der Waals surface area contributed by atoms with Crippen LogP contribution in [0, 0.1) is 6.92 Å². The molecule has 10 rings (SSSR count). The smallest absolute Gasteiger partial charge is 0.164 e. The highest BCUT2D eigenvalue weighted by Crippen LogP contribution is 2.40. The quantitative estimate of drug-likeness (QED) is 0.186. The van der Waals surface area contributed by atoms with Crippen molar-refractivity contribution in [1.29, 1.82) is 0 Å². The van der Waals surface area contributed by atoms with E-state index in [0.29, 0.717) is 17.5 Å². The molecule has 51 heavy (non-hydrogen) atoms. The van der Waals surface area contributed by atoms with Crippen LogP contribution in [-0.4, -0.2) is 24.1 Å². The summed E-state index contributed by atoms with van der Waals surface area (Å²) >= 11 is 0.